The Morgan fingerprint density at radius 1 is 1.11 bits per heavy atom. The second-order valence-electron chi connectivity index (χ2n) is 6.69. The Bertz CT molecular complexity index is 787. The van der Waals surface area contributed by atoms with Gasteiger partial charge in [0, 0.05) is 36.8 Å². The van der Waals surface area contributed by atoms with Crippen LogP contribution in [0.5, 0.6) is 0 Å². The van der Waals surface area contributed by atoms with Gasteiger partial charge >= 0.3 is 11.9 Å². The number of aliphatic carboxylic acids is 2. The molecule has 6 nitrogen and oxygen atoms in total. The van der Waals surface area contributed by atoms with Gasteiger partial charge in [0.2, 0.25) is 0 Å². The molecule has 2 heterocycles. The maximum atomic E-state index is 9.55. The van der Waals surface area contributed by atoms with Crippen molar-refractivity contribution in [2.45, 2.75) is 32.9 Å². The Hall–Kier alpha value is -3.15. The summed E-state index contributed by atoms with van der Waals surface area (Å²) in [5, 5.41) is 15.6. The van der Waals surface area contributed by atoms with E-state index in [4.69, 9.17) is 10.2 Å². The molecule has 1 aliphatic heterocycles. The van der Waals surface area contributed by atoms with E-state index in [1.165, 1.54) is 23.2 Å². The van der Waals surface area contributed by atoms with Crippen molar-refractivity contribution in [2.75, 3.05) is 4.90 Å². The molecule has 2 aromatic rings. The molecule has 0 aliphatic carbocycles. The maximum absolute atomic E-state index is 9.55. The van der Waals surface area contributed by atoms with Crippen LogP contribution in [0.4, 0.5) is 5.69 Å². The molecule has 0 radical (unpaired) electrons. The van der Waals surface area contributed by atoms with E-state index in [2.05, 4.69) is 60.1 Å². The van der Waals surface area contributed by atoms with Gasteiger partial charge in [0.15, 0.2) is 0 Å². The third kappa shape index (κ3) is 5.95. The molecule has 1 unspecified atom stereocenters. The van der Waals surface area contributed by atoms with Crippen molar-refractivity contribution in [3.8, 4) is 0 Å². The van der Waals surface area contributed by atoms with Crippen LogP contribution in [0, 0.1) is 5.92 Å². The van der Waals surface area contributed by atoms with Gasteiger partial charge in [-0.15, -0.1) is 0 Å². The minimum atomic E-state index is -1.26. The Labute approximate surface area is 158 Å². The van der Waals surface area contributed by atoms with E-state index in [0.717, 1.165) is 6.54 Å². The first-order valence-electron chi connectivity index (χ1n) is 8.77. The highest BCUT2D eigenvalue weighted by molar-refractivity contribution is 5.89. The van der Waals surface area contributed by atoms with Gasteiger partial charge in [-0.2, -0.15) is 0 Å². The first-order chi connectivity index (χ1) is 12.9. The zero-order valence-electron chi connectivity index (χ0n) is 15.4. The van der Waals surface area contributed by atoms with Crippen LogP contribution in [0.15, 0.2) is 60.9 Å². The number of fused-ring (bicyclic) bond motifs is 1. The van der Waals surface area contributed by atoms with E-state index in [9.17, 15) is 9.59 Å². The zero-order valence-corrected chi connectivity index (χ0v) is 15.4. The van der Waals surface area contributed by atoms with Crippen LogP contribution in [0.1, 0.15) is 37.4 Å². The van der Waals surface area contributed by atoms with Gasteiger partial charge in [0.1, 0.15) is 0 Å². The normalized spacial score (nSPS) is 15.4. The zero-order chi connectivity index (χ0) is 19.8. The number of carbonyl (C=O) groups is 2. The molecule has 3 rings (SSSR count). The van der Waals surface area contributed by atoms with Crippen LogP contribution < -0.4 is 4.90 Å². The standard InChI is InChI=1S/C17H20N2.C4H4O4/c1-13(2)11-17-16-6-4-3-5-14(16)12-19(17)15-7-9-18-10-8-15;5-3(6)1-2-4(7)8/h3-10,13,17H,11-12H2,1-2H3;1-2H,(H,5,6)(H,7,8). The van der Waals surface area contributed by atoms with Crippen molar-refractivity contribution in [1.82, 2.24) is 4.98 Å². The molecule has 2 N–H and O–H groups in total. The van der Waals surface area contributed by atoms with Crippen molar-refractivity contribution in [3.63, 3.8) is 0 Å². The van der Waals surface area contributed by atoms with Gasteiger partial charge in [0.25, 0.3) is 0 Å². The second-order valence-corrected chi connectivity index (χ2v) is 6.69. The number of carboxylic acid groups (broad SMARTS) is 2. The first-order valence-corrected chi connectivity index (χ1v) is 8.77. The highest BCUT2D eigenvalue weighted by Gasteiger charge is 2.30. The summed E-state index contributed by atoms with van der Waals surface area (Å²) in [5.74, 6) is -1.82. The van der Waals surface area contributed by atoms with Crippen LogP contribution in [0.3, 0.4) is 0 Å². The van der Waals surface area contributed by atoms with E-state index < -0.39 is 11.9 Å². The molecule has 0 saturated heterocycles. The van der Waals surface area contributed by atoms with Crippen LogP contribution in [-0.2, 0) is 16.1 Å². The Kier molecular flexibility index (Phi) is 7.11. The average molecular weight is 368 g/mol. The van der Waals surface area contributed by atoms with Crippen molar-refractivity contribution in [2.24, 2.45) is 5.92 Å². The fourth-order valence-electron chi connectivity index (χ4n) is 3.11. The number of aromatic nitrogens is 1. The molecule has 0 bridgehead atoms. The van der Waals surface area contributed by atoms with Crippen LogP contribution >= 0.6 is 0 Å². The van der Waals surface area contributed by atoms with E-state index in [1.54, 1.807) is 0 Å². The van der Waals surface area contributed by atoms with Gasteiger partial charge in [-0.3, -0.25) is 4.98 Å². The Morgan fingerprint density at radius 3 is 2.26 bits per heavy atom. The summed E-state index contributed by atoms with van der Waals surface area (Å²) in [5.41, 5.74) is 4.23. The fourth-order valence-corrected chi connectivity index (χ4v) is 3.11. The number of benzene rings is 1. The molecular formula is C21H24N2O4. The van der Waals surface area contributed by atoms with Crippen LogP contribution in [0.25, 0.3) is 0 Å². The molecule has 1 atom stereocenters. The number of carboxylic acids is 2. The van der Waals surface area contributed by atoms with E-state index in [-0.39, 0.29) is 0 Å². The number of nitrogens with zero attached hydrogens (tertiary/aromatic N) is 2. The molecule has 0 saturated carbocycles. The summed E-state index contributed by atoms with van der Waals surface area (Å²) in [7, 11) is 0. The largest absolute Gasteiger partial charge is 0.478 e. The monoisotopic (exact) mass is 368 g/mol. The highest BCUT2D eigenvalue weighted by Crippen LogP contribution is 2.40. The smallest absolute Gasteiger partial charge is 0.328 e. The van der Waals surface area contributed by atoms with Crippen molar-refractivity contribution in [3.05, 3.63) is 72.1 Å². The molecule has 1 aliphatic rings. The van der Waals surface area contributed by atoms with E-state index in [1.807, 2.05) is 12.4 Å². The van der Waals surface area contributed by atoms with Gasteiger partial charge < -0.3 is 15.1 Å². The van der Waals surface area contributed by atoms with Crippen molar-refractivity contribution >= 4 is 17.6 Å². The van der Waals surface area contributed by atoms with Crippen molar-refractivity contribution < 1.29 is 19.8 Å². The summed E-state index contributed by atoms with van der Waals surface area (Å²) < 4.78 is 0. The lowest BCUT2D eigenvalue weighted by Crippen LogP contribution is -2.22. The van der Waals surface area contributed by atoms with Gasteiger partial charge in [0.05, 0.1) is 6.04 Å². The summed E-state index contributed by atoms with van der Waals surface area (Å²) in [6, 6.07) is 13.5. The molecule has 0 amide bonds. The number of rotatable bonds is 5. The summed E-state index contributed by atoms with van der Waals surface area (Å²) in [6.07, 6.45) is 6.07. The predicted molar refractivity (Wildman–Crippen MR) is 103 cm³/mol. The lowest BCUT2D eigenvalue weighted by molar-refractivity contribution is -0.134. The highest BCUT2D eigenvalue weighted by atomic mass is 16.4. The third-order valence-corrected chi connectivity index (χ3v) is 4.19. The minimum absolute atomic E-state index is 0.499. The van der Waals surface area contributed by atoms with Gasteiger partial charge in [-0.05, 0) is 35.6 Å². The quantitative estimate of drug-likeness (QED) is 0.778. The van der Waals surface area contributed by atoms with Crippen molar-refractivity contribution in [1.29, 1.82) is 0 Å². The maximum Gasteiger partial charge on any atom is 0.328 e. The van der Waals surface area contributed by atoms with E-state index >= 15 is 0 Å². The number of pyridine rings is 1. The predicted octanol–water partition coefficient (Wildman–Crippen LogP) is 3.90. The molecule has 1 aromatic carbocycles. The molecule has 27 heavy (non-hydrogen) atoms. The summed E-state index contributed by atoms with van der Waals surface area (Å²) >= 11 is 0. The number of anilines is 1. The van der Waals surface area contributed by atoms with Gasteiger partial charge in [-0.1, -0.05) is 38.1 Å². The summed E-state index contributed by atoms with van der Waals surface area (Å²) in [6.45, 7) is 5.61. The summed E-state index contributed by atoms with van der Waals surface area (Å²) in [4.78, 5) is 25.7. The lowest BCUT2D eigenvalue weighted by atomic mass is 9.96. The van der Waals surface area contributed by atoms with Crippen LogP contribution in [-0.4, -0.2) is 27.1 Å². The SMILES string of the molecule is CC(C)CC1c2ccccc2CN1c1ccncc1.O=C(O)C=CC(=O)O. The molecular weight excluding hydrogens is 344 g/mol. The topological polar surface area (TPSA) is 90.7 Å². The third-order valence-electron chi connectivity index (χ3n) is 4.19. The van der Waals surface area contributed by atoms with E-state index in [0.29, 0.717) is 24.1 Å². The minimum Gasteiger partial charge on any atom is -0.478 e. The molecule has 6 heteroatoms. The Morgan fingerprint density at radius 2 is 1.70 bits per heavy atom. The molecule has 0 fully saturated rings. The van der Waals surface area contributed by atoms with Crippen LogP contribution in [0.2, 0.25) is 0 Å². The molecule has 1 aromatic heterocycles. The lowest BCUT2D eigenvalue weighted by Gasteiger charge is -2.28. The molecule has 0 spiro atoms. The number of hydrogen-bond donors (Lipinski definition) is 2. The average Bonchev–Trinajstić information content (AvgIpc) is 2.99. The first kappa shape index (κ1) is 20.2. The number of hydrogen-bond acceptors (Lipinski definition) is 4. The second kappa shape index (κ2) is 9.52. The fraction of sp³-hybridized carbons (Fsp3) is 0.286. The van der Waals surface area contributed by atoms with Gasteiger partial charge in [-0.25, -0.2) is 9.59 Å². The Balaban J connectivity index is 0.000000279. The molecule has 142 valence electrons.